The summed E-state index contributed by atoms with van der Waals surface area (Å²) >= 11 is 0. The summed E-state index contributed by atoms with van der Waals surface area (Å²) in [7, 11) is 0. The van der Waals surface area contributed by atoms with Crippen molar-refractivity contribution < 1.29 is 4.74 Å². The zero-order valence-corrected chi connectivity index (χ0v) is 8.94. The number of ether oxygens (including phenoxy) is 1. The first-order chi connectivity index (χ1) is 6.79. The lowest BCUT2D eigenvalue weighted by molar-refractivity contribution is 0.0424. The number of rotatable bonds is 5. The predicted molar refractivity (Wildman–Crippen MR) is 59.1 cm³/mol. The van der Waals surface area contributed by atoms with E-state index >= 15 is 0 Å². The molecular weight excluding hydrogens is 174 g/mol. The van der Waals surface area contributed by atoms with E-state index in [1.54, 1.807) is 0 Å². The van der Waals surface area contributed by atoms with E-state index in [1.165, 1.54) is 5.56 Å². The second-order valence-corrected chi connectivity index (χ2v) is 3.36. The Balaban J connectivity index is 2.77. The van der Waals surface area contributed by atoms with Crippen molar-refractivity contribution in [2.45, 2.75) is 32.4 Å². The second kappa shape index (κ2) is 5.78. The lowest BCUT2D eigenvalue weighted by Crippen LogP contribution is -2.29. The fourth-order valence-electron chi connectivity index (χ4n) is 1.50. The maximum Gasteiger partial charge on any atom is 0.0975 e. The van der Waals surface area contributed by atoms with Crippen LogP contribution in [0.1, 0.15) is 31.9 Å². The minimum absolute atomic E-state index is 0.0335. The van der Waals surface area contributed by atoms with Crippen LogP contribution in [0.3, 0.4) is 0 Å². The van der Waals surface area contributed by atoms with E-state index in [-0.39, 0.29) is 12.1 Å². The van der Waals surface area contributed by atoms with Gasteiger partial charge in [-0.15, -0.1) is 0 Å². The van der Waals surface area contributed by atoms with Gasteiger partial charge in [-0.25, -0.2) is 0 Å². The molecule has 0 aromatic heterocycles. The van der Waals surface area contributed by atoms with Gasteiger partial charge >= 0.3 is 0 Å². The molecule has 0 amide bonds. The molecule has 0 radical (unpaired) electrons. The van der Waals surface area contributed by atoms with E-state index in [0.717, 1.165) is 6.42 Å². The fourth-order valence-corrected chi connectivity index (χ4v) is 1.50. The normalized spacial score (nSPS) is 15.1. The summed E-state index contributed by atoms with van der Waals surface area (Å²) in [6, 6.07) is 10.3. The van der Waals surface area contributed by atoms with Crippen molar-refractivity contribution in [3.05, 3.63) is 35.9 Å². The van der Waals surface area contributed by atoms with Crippen molar-refractivity contribution in [3.63, 3.8) is 0 Å². The molecule has 1 rings (SSSR count). The van der Waals surface area contributed by atoms with E-state index in [9.17, 15) is 0 Å². The van der Waals surface area contributed by atoms with E-state index in [1.807, 2.05) is 25.1 Å². The largest absolute Gasteiger partial charge is 0.372 e. The smallest absolute Gasteiger partial charge is 0.0975 e. The summed E-state index contributed by atoms with van der Waals surface area (Å²) in [5.74, 6) is 0. The molecule has 0 saturated carbocycles. The summed E-state index contributed by atoms with van der Waals surface area (Å²) in [5, 5.41) is 0. The minimum atomic E-state index is 0.0335. The molecule has 0 heterocycles. The second-order valence-electron chi connectivity index (χ2n) is 3.36. The lowest BCUT2D eigenvalue weighted by atomic mass is 10.0. The minimum Gasteiger partial charge on any atom is -0.372 e. The zero-order valence-electron chi connectivity index (χ0n) is 8.94. The molecule has 0 aliphatic rings. The van der Waals surface area contributed by atoms with E-state index in [2.05, 4.69) is 19.1 Å². The molecule has 0 saturated heterocycles. The third-order valence-corrected chi connectivity index (χ3v) is 2.33. The van der Waals surface area contributed by atoms with Crippen LogP contribution in [0.4, 0.5) is 0 Å². The third-order valence-electron chi connectivity index (χ3n) is 2.33. The Morgan fingerprint density at radius 1 is 1.21 bits per heavy atom. The van der Waals surface area contributed by atoms with Gasteiger partial charge in [-0.05, 0) is 18.9 Å². The molecule has 0 fully saturated rings. The van der Waals surface area contributed by atoms with E-state index in [0.29, 0.717) is 6.61 Å². The first kappa shape index (κ1) is 11.2. The third kappa shape index (κ3) is 2.82. The molecule has 0 aliphatic carbocycles. The van der Waals surface area contributed by atoms with Gasteiger partial charge < -0.3 is 10.5 Å². The Morgan fingerprint density at radius 2 is 1.86 bits per heavy atom. The van der Waals surface area contributed by atoms with Crippen LogP contribution in [-0.4, -0.2) is 12.6 Å². The highest BCUT2D eigenvalue weighted by Gasteiger charge is 2.17. The molecule has 2 N–H and O–H groups in total. The highest BCUT2D eigenvalue weighted by Crippen LogP contribution is 2.21. The number of nitrogens with two attached hydrogens (primary N) is 1. The highest BCUT2D eigenvalue weighted by molar-refractivity contribution is 5.19. The molecule has 0 aliphatic heterocycles. The zero-order chi connectivity index (χ0) is 10.4. The van der Waals surface area contributed by atoms with Crippen LogP contribution in [0, 0.1) is 0 Å². The maximum absolute atomic E-state index is 6.01. The van der Waals surface area contributed by atoms with Crippen LogP contribution < -0.4 is 5.73 Å². The van der Waals surface area contributed by atoms with Crippen LogP contribution >= 0.6 is 0 Å². The summed E-state index contributed by atoms with van der Waals surface area (Å²) in [6.45, 7) is 4.78. The summed E-state index contributed by atoms with van der Waals surface area (Å²) in [4.78, 5) is 0. The monoisotopic (exact) mass is 193 g/mol. The molecule has 0 spiro atoms. The van der Waals surface area contributed by atoms with E-state index in [4.69, 9.17) is 10.5 Å². The van der Waals surface area contributed by atoms with Gasteiger partial charge in [-0.3, -0.25) is 0 Å². The van der Waals surface area contributed by atoms with Gasteiger partial charge in [0.25, 0.3) is 0 Å². The molecule has 78 valence electrons. The van der Waals surface area contributed by atoms with Gasteiger partial charge in [0.1, 0.15) is 0 Å². The van der Waals surface area contributed by atoms with Gasteiger partial charge in [-0.1, -0.05) is 37.3 Å². The SMILES string of the molecule is CCOC(c1ccccc1)[C@H](N)CC. The van der Waals surface area contributed by atoms with Gasteiger partial charge in [0.05, 0.1) is 6.10 Å². The van der Waals surface area contributed by atoms with Crippen molar-refractivity contribution >= 4 is 0 Å². The Hall–Kier alpha value is -0.860. The Labute approximate surface area is 86.1 Å². The van der Waals surface area contributed by atoms with Gasteiger partial charge in [-0.2, -0.15) is 0 Å². The highest BCUT2D eigenvalue weighted by atomic mass is 16.5. The predicted octanol–water partition coefficient (Wildman–Crippen LogP) is 2.50. The molecule has 2 heteroatoms. The van der Waals surface area contributed by atoms with Crippen molar-refractivity contribution in [1.29, 1.82) is 0 Å². The molecule has 2 nitrogen and oxygen atoms in total. The quantitative estimate of drug-likeness (QED) is 0.779. The van der Waals surface area contributed by atoms with Gasteiger partial charge in [0.2, 0.25) is 0 Å². The summed E-state index contributed by atoms with van der Waals surface area (Å²) < 4.78 is 5.66. The summed E-state index contributed by atoms with van der Waals surface area (Å²) in [5.41, 5.74) is 7.18. The number of hydrogen-bond acceptors (Lipinski definition) is 2. The van der Waals surface area contributed by atoms with Crippen molar-refractivity contribution in [1.82, 2.24) is 0 Å². The van der Waals surface area contributed by atoms with Crippen LogP contribution in [0.2, 0.25) is 0 Å². The summed E-state index contributed by atoms with van der Waals surface area (Å²) in [6.07, 6.45) is 0.964. The average molecular weight is 193 g/mol. The van der Waals surface area contributed by atoms with Crippen LogP contribution in [0.25, 0.3) is 0 Å². The van der Waals surface area contributed by atoms with Crippen molar-refractivity contribution in [3.8, 4) is 0 Å². The van der Waals surface area contributed by atoms with Crippen LogP contribution in [-0.2, 0) is 4.74 Å². The van der Waals surface area contributed by atoms with Crippen molar-refractivity contribution in [2.75, 3.05) is 6.61 Å². The molecule has 1 aromatic carbocycles. The average Bonchev–Trinajstić information content (AvgIpc) is 2.26. The maximum atomic E-state index is 6.01. The number of benzene rings is 1. The standard InChI is InChI=1S/C12H19NO/c1-3-11(13)12(14-4-2)10-8-6-5-7-9-10/h5-9,11-12H,3-4,13H2,1-2H3/t11-,12?/m1/s1. The first-order valence-corrected chi connectivity index (χ1v) is 5.21. The first-order valence-electron chi connectivity index (χ1n) is 5.21. The Morgan fingerprint density at radius 3 is 2.36 bits per heavy atom. The number of hydrogen-bond donors (Lipinski definition) is 1. The molecular formula is C12H19NO. The topological polar surface area (TPSA) is 35.2 Å². The molecule has 1 aromatic rings. The molecule has 14 heavy (non-hydrogen) atoms. The molecule has 2 atom stereocenters. The van der Waals surface area contributed by atoms with Gasteiger partial charge in [0, 0.05) is 12.6 Å². The fraction of sp³-hybridized carbons (Fsp3) is 0.500. The van der Waals surface area contributed by atoms with Crippen molar-refractivity contribution in [2.24, 2.45) is 5.73 Å². The van der Waals surface area contributed by atoms with Crippen LogP contribution in [0.15, 0.2) is 30.3 Å². The van der Waals surface area contributed by atoms with E-state index < -0.39 is 0 Å². The molecule has 0 bridgehead atoms. The Bertz CT molecular complexity index is 248. The van der Waals surface area contributed by atoms with Gasteiger partial charge in [0.15, 0.2) is 0 Å². The lowest BCUT2D eigenvalue weighted by Gasteiger charge is -2.23. The van der Waals surface area contributed by atoms with Crippen LogP contribution in [0.5, 0.6) is 0 Å². The Kier molecular flexibility index (Phi) is 4.63. The molecule has 1 unspecified atom stereocenters.